The zero-order chi connectivity index (χ0) is 29.0. The molecule has 0 heterocycles. The first kappa shape index (κ1) is 29.5. The zero-order valence-electron chi connectivity index (χ0n) is 22.2. The van der Waals surface area contributed by atoms with Crippen molar-refractivity contribution in [2.24, 2.45) is 0 Å². The molecular formula is C32H28ClN3O4S. The first-order chi connectivity index (χ1) is 19.9. The first-order valence-electron chi connectivity index (χ1n) is 12.8. The summed E-state index contributed by atoms with van der Waals surface area (Å²) < 4.78 is 5.69. The lowest BCUT2D eigenvalue weighted by molar-refractivity contribution is -0.114. The highest BCUT2D eigenvalue weighted by molar-refractivity contribution is 8.00. The molecule has 0 bridgehead atoms. The van der Waals surface area contributed by atoms with Crippen molar-refractivity contribution < 1.29 is 19.1 Å². The summed E-state index contributed by atoms with van der Waals surface area (Å²) in [6.45, 7) is 2.33. The van der Waals surface area contributed by atoms with E-state index >= 15 is 0 Å². The smallest absolute Gasteiger partial charge is 0.272 e. The molecule has 0 aliphatic rings. The van der Waals surface area contributed by atoms with Crippen LogP contribution in [0.3, 0.4) is 0 Å². The molecule has 208 valence electrons. The molecule has 9 heteroatoms. The number of para-hydroxylation sites is 1. The Hall–Kier alpha value is -4.53. The standard InChI is InChI=1S/C32H28ClN3O4S/c1-2-40-29-11-7-6-10-23(29)20-28(36-31(38)22-8-4-3-5-9-22)32(39)35-26-16-18-27(19-17-26)41-21-30(37)34-25-14-12-24(33)13-15-25/h3-20H,2,21H2,1H3,(H,34,37)(H,35,39)(H,36,38)/b28-20-. The van der Waals surface area contributed by atoms with Crippen molar-refractivity contribution in [2.75, 3.05) is 23.0 Å². The number of ether oxygens (including phenoxy) is 1. The van der Waals surface area contributed by atoms with Crippen molar-refractivity contribution in [1.29, 1.82) is 0 Å². The van der Waals surface area contributed by atoms with Crippen molar-refractivity contribution in [3.8, 4) is 5.75 Å². The predicted octanol–water partition coefficient (Wildman–Crippen LogP) is 6.88. The molecule has 3 amide bonds. The number of carbonyl (C=O) groups is 3. The molecule has 0 unspecified atom stereocenters. The van der Waals surface area contributed by atoms with Gasteiger partial charge in [-0.15, -0.1) is 11.8 Å². The van der Waals surface area contributed by atoms with Crippen molar-refractivity contribution in [2.45, 2.75) is 11.8 Å². The predicted molar refractivity (Wildman–Crippen MR) is 165 cm³/mol. The van der Waals surface area contributed by atoms with E-state index in [0.29, 0.717) is 39.9 Å². The number of halogens is 1. The highest BCUT2D eigenvalue weighted by Gasteiger charge is 2.16. The van der Waals surface area contributed by atoms with Gasteiger partial charge in [-0.3, -0.25) is 14.4 Å². The van der Waals surface area contributed by atoms with E-state index < -0.39 is 11.8 Å². The lowest BCUT2D eigenvalue weighted by Crippen LogP contribution is -2.30. The molecule has 3 N–H and O–H groups in total. The van der Waals surface area contributed by atoms with E-state index in [9.17, 15) is 14.4 Å². The summed E-state index contributed by atoms with van der Waals surface area (Å²) in [5.74, 6) is -0.249. The Labute approximate surface area is 248 Å². The molecule has 0 aliphatic heterocycles. The molecule has 0 saturated heterocycles. The maximum absolute atomic E-state index is 13.3. The number of carbonyl (C=O) groups excluding carboxylic acids is 3. The van der Waals surface area contributed by atoms with Gasteiger partial charge in [-0.2, -0.15) is 0 Å². The fraction of sp³-hybridized carbons (Fsp3) is 0.0938. The van der Waals surface area contributed by atoms with Gasteiger partial charge >= 0.3 is 0 Å². The summed E-state index contributed by atoms with van der Waals surface area (Å²) in [6, 6.07) is 29.9. The Balaban J connectivity index is 1.44. The van der Waals surface area contributed by atoms with Gasteiger partial charge in [0.05, 0.1) is 12.4 Å². The van der Waals surface area contributed by atoms with E-state index in [0.717, 1.165) is 4.90 Å². The summed E-state index contributed by atoms with van der Waals surface area (Å²) >= 11 is 7.25. The monoisotopic (exact) mass is 585 g/mol. The molecule has 0 aromatic heterocycles. The normalized spacial score (nSPS) is 10.9. The number of anilines is 2. The number of hydrogen-bond donors (Lipinski definition) is 3. The van der Waals surface area contributed by atoms with Gasteiger partial charge in [-0.25, -0.2) is 0 Å². The SMILES string of the molecule is CCOc1ccccc1/C=C(\NC(=O)c1ccccc1)C(=O)Nc1ccc(SCC(=O)Nc2ccc(Cl)cc2)cc1. The number of thioether (sulfide) groups is 1. The van der Waals surface area contributed by atoms with Crippen molar-refractivity contribution >= 4 is 58.5 Å². The van der Waals surface area contributed by atoms with Gasteiger partial charge in [0.15, 0.2) is 0 Å². The van der Waals surface area contributed by atoms with Gasteiger partial charge in [0.1, 0.15) is 11.4 Å². The average molecular weight is 586 g/mol. The Morgan fingerprint density at radius 2 is 1.44 bits per heavy atom. The topological polar surface area (TPSA) is 96.5 Å². The average Bonchev–Trinajstić information content (AvgIpc) is 2.99. The van der Waals surface area contributed by atoms with Gasteiger partial charge < -0.3 is 20.7 Å². The van der Waals surface area contributed by atoms with Gasteiger partial charge in [0, 0.05) is 32.4 Å². The minimum absolute atomic E-state index is 0.0586. The number of rotatable bonds is 11. The summed E-state index contributed by atoms with van der Waals surface area (Å²) in [5, 5.41) is 9.00. The van der Waals surface area contributed by atoms with Gasteiger partial charge in [-0.1, -0.05) is 48.0 Å². The lowest BCUT2D eigenvalue weighted by Gasteiger charge is -2.13. The second kappa shape index (κ2) is 14.7. The molecule has 0 spiro atoms. The fourth-order valence-electron chi connectivity index (χ4n) is 3.70. The van der Waals surface area contributed by atoms with Crippen LogP contribution in [0.4, 0.5) is 11.4 Å². The van der Waals surface area contributed by atoms with Gasteiger partial charge in [0.2, 0.25) is 5.91 Å². The van der Waals surface area contributed by atoms with Crippen molar-refractivity contribution in [1.82, 2.24) is 5.32 Å². The lowest BCUT2D eigenvalue weighted by atomic mass is 10.1. The van der Waals surface area contributed by atoms with Crippen LogP contribution >= 0.6 is 23.4 Å². The molecule has 0 aliphatic carbocycles. The molecule has 4 aromatic rings. The molecule has 0 atom stereocenters. The van der Waals surface area contributed by atoms with E-state index in [1.54, 1.807) is 72.8 Å². The molecule has 0 radical (unpaired) electrons. The minimum atomic E-state index is -0.497. The molecule has 41 heavy (non-hydrogen) atoms. The summed E-state index contributed by atoms with van der Waals surface area (Å²) in [5.41, 5.74) is 2.33. The summed E-state index contributed by atoms with van der Waals surface area (Å²) in [4.78, 5) is 39.4. The van der Waals surface area contributed by atoms with Crippen LogP contribution in [-0.2, 0) is 9.59 Å². The maximum atomic E-state index is 13.3. The summed E-state index contributed by atoms with van der Waals surface area (Å²) in [7, 11) is 0. The Morgan fingerprint density at radius 1 is 0.805 bits per heavy atom. The highest BCUT2D eigenvalue weighted by atomic mass is 35.5. The minimum Gasteiger partial charge on any atom is -0.493 e. The first-order valence-corrected chi connectivity index (χ1v) is 14.2. The number of nitrogens with one attached hydrogen (secondary N) is 3. The third kappa shape index (κ3) is 8.99. The van der Waals surface area contributed by atoms with E-state index in [1.807, 2.05) is 43.3 Å². The number of amides is 3. The molecule has 4 rings (SSSR count). The second-order valence-electron chi connectivity index (χ2n) is 8.67. The van der Waals surface area contributed by atoms with E-state index in [2.05, 4.69) is 16.0 Å². The Kier molecular flexibility index (Phi) is 10.6. The van der Waals surface area contributed by atoms with Crippen LogP contribution in [0, 0.1) is 0 Å². The highest BCUT2D eigenvalue weighted by Crippen LogP contribution is 2.23. The van der Waals surface area contributed by atoms with Crippen LogP contribution in [0.5, 0.6) is 5.75 Å². The Bertz CT molecular complexity index is 1530. The third-order valence-corrected chi connectivity index (χ3v) is 6.92. The van der Waals surface area contributed by atoms with Crippen LogP contribution in [0.15, 0.2) is 114 Å². The molecule has 7 nitrogen and oxygen atoms in total. The molecule has 0 saturated carbocycles. The van der Waals surface area contributed by atoms with Crippen molar-refractivity contribution in [3.05, 3.63) is 125 Å². The largest absolute Gasteiger partial charge is 0.493 e. The molecule has 0 fully saturated rings. The second-order valence-corrected chi connectivity index (χ2v) is 10.2. The Morgan fingerprint density at radius 3 is 2.15 bits per heavy atom. The van der Waals surface area contributed by atoms with E-state index in [-0.39, 0.29) is 17.4 Å². The summed E-state index contributed by atoms with van der Waals surface area (Å²) in [6.07, 6.45) is 1.59. The zero-order valence-corrected chi connectivity index (χ0v) is 23.8. The number of benzene rings is 4. The van der Waals surface area contributed by atoms with E-state index in [4.69, 9.17) is 16.3 Å². The fourth-order valence-corrected chi connectivity index (χ4v) is 4.52. The van der Waals surface area contributed by atoms with E-state index in [1.165, 1.54) is 11.8 Å². The molecule has 4 aromatic carbocycles. The van der Waals surface area contributed by atoms with Crippen molar-refractivity contribution in [3.63, 3.8) is 0 Å². The quantitative estimate of drug-likeness (QED) is 0.132. The van der Waals surface area contributed by atoms with Crippen LogP contribution in [0.1, 0.15) is 22.8 Å². The van der Waals surface area contributed by atoms with Crippen LogP contribution in [-0.4, -0.2) is 30.1 Å². The van der Waals surface area contributed by atoms with Crippen LogP contribution < -0.4 is 20.7 Å². The number of hydrogen-bond acceptors (Lipinski definition) is 5. The van der Waals surface area contributed by atoms with Crippen LogP contribution in [0.25, 0.3) is 6.08 Å². The third-order valence-electron chi connectivity index (χ3n) is 5.66. The maximum Gasteiger partial charge on any atom is 0.272 e. The van der Waals surface area contributed by atoms with Gasteiger partial charge in [-0.05, 0) is 79.7 Å². The molecular weight excluding hydrogens is 558 g/mol. The van der Waals surface area contributed by atoms with Gasteiger partial charge in [0.25, 0.3) is 11.8 Å². The van der Waals surface area contributed by atoms with Crippen LogP contribution in [0.2, 0.25) is 5.02 Å².